The number of ether oxygens (including phenoxy) is 1. The van der Waals surface area contributed by atoms with Crippen LogP contribution in [0.15, 0.2) is 212 Å². The van der Waals surface area contributed by atoms with Crippen LogP contribution in [0.5, 0.6) is 11.5 Å². The van der Waals surface area contributed by atoms with E-state index in [1.807, 2.05) is 105 Å². The number of hydrogen-bond donors (Lipinski definition) is 0. The molecule has 78 heavy (non-hydrogen) atoms. The summed E-state index contributed by atoms with van der Waals surface area (Å²) in [4.78, 5) is 4.74. The van der Waals surface area contributed by atoms with Gasteiger partial charge < -0.3 is 9.30 Å². The molecule has 382 valence electrons. The van der Waals surface area contributed by atoms with Crippen LogP contribution < -0.4 is 13.9 Å². The smallest absolute Gasteiger partial charge is 0.509 e. The van der Waals surface area contributed by atoms with Crippen molar-refractivity contribution in [1.82, 2.24) is 18.7 Å². The molecule has 2 aliphatic rings. The molecule has 9 aromatic carbocycles. The topological polar surface area (TPSA) is 33.1 Å². The van der Waals surface area contributed by atoms with E-state index < -0.39 is 53.5 Å². The van der Waals surface area contributed by atoms with E-state index in [-0.39, 0.29) is 96.3 Å². The Morgan fingerprint density at radius 1 is 0.615 bits per heavy atom. The molecule has 1 aliphatic heterocycles. The Morgan fingerprint density at radius 2 is 1.28 bits per heavy atom. The number of rotatable bonds is 11. The monoisotopic (exact) mass is 1200 g/mol. The van der Waals surface area contributed by atoms with E-state index in [9.17, 15) is 11.0 Å². The fraction of sp³-hybridized carbons (Fsp3) is 0.167. The second kappa shape index (κ2) is 20.3. The van der Waals surface area contributed by atoms with Crippen molar-refractivity contribution in [1.29, 1.82) is 0 Å². The quantitative estimate of drug-likeness (QED) is 0.0955. The predicted molar refractivity (Wildman–Crippen MR) is 319 cm³/mol. The van der Waals surface area contributed by atoms with Crippen molar-refractivity contribution in [2.45, 2.75) is 71.6 Å². The first-order valence-electron chi connectivity index (χ1n) is 32.5. The van der Waals surface area contributed by atoms with Gasteiger partial charge in [0.15, 0.2) is 0 Å². The van der Waals surface area contributed by atoms with Crippen molar-refractivity contribution in [2.75, 3.05) is 0 Å². The van der Waals surface area contributed by atoms with Gasteiger partial charge in [-0.15, -0.1) is 23.6 Å². The Bertz CT molecular complexity index is 4930. The Labute approximate surface area is 491 Å². The van der Waals surface area contributed by atoms with Crippen LogP contribution in [-0.4, -0.2) is 15.6 Å². The minimum absolute atomic E-state index is 0. The van der Waals surface area contributed by atoms with Gasteiger partial charge in [0.25, 0.3) is 11.4 Å². The second-order valence-corrected chi connectivity index (χ2v) is 21.2. The molecule has 0 unspecified atom stereocenters. The number of benzene rings is 9. The van der Waals surface area contributed by atoms with Gasteiger partial charge in [0, 0.05) is 38.1 Å². The van der Waals surface area contributed by atoms with E-state index in [0.29, 0.717) is 74.1 Å². The normalized spacial score (nSPS) is 16.7. The van der Waals surface area contributed by atoms with Crippen LogP contribution in [0.1, 0.15) is 88.9 Å². The number of pyridine rings is 1. The fourth-order valence-corrected chi connectivity index (χ4v) is 10.8. The largest absolute Gasteiger partial charge is 2.00 e. The molecular formula is C72H60N4OPt+2. The average molecular weight is 1210 g/mol. The standard InChI is InChI=1S/C72H60N4O.Pt/c1-48(2)39-49-35-38-73-69(40-49)76-65-28-14-13-25-61(65)62-33-32-58(46-68(62)76)77-57-24-17-23-56(45-57)74-47-75(67-30-16-15-29-66(67)74)70-59(52-31-34-63-64(44-52)72(5,6)37-36-71(63,3)4)26-18-27-60(70)55-42-53(50-19-9-7-10-20-50)41-54(43-55)51-21-11-8-12-22-51;/h7-35,38,40-44,48H,36-37,39H2,1-6H3;/q;+2/i7D,9D,10D,19D,20D,31D,34D,39D2,41D,42D,43D,44D;. The van der Waals surface area contributed by atoms with Crippen molar-refractivity contribution in [2.24, 2.45) is 5.92 Å². The van der Waals surface area contributed by atoms with Gasteiger partial charge in [-0.3, -0.25) is 0 Å². The zero-order chi connectivity index (χ0) is 63.8. The summed E-state index contributed by atoms with van der Waals surface area (Å²) in [6, 6.07) is 48.0. The third-order valence-corrected chi connectivity index (χ3v) is 14.7. The SMILES string of the molecule is [2H]c1c([2H])c([2H])c(-c2c([2H])c(-c3ccccc3)c([2H])c(-c3cccc(-c4c([2H])c([2H])c5c(c4[2H])C(C)(C)CCC5(C)C)c3[N+]3=C=[N+](c4[c-]c(Oc5[c-]c6c(cc5)c5ccccc5n6-c5cc(C([2H])([2H])C(C)C)ccn5)ccc4)c4ccccc43)c2[2H])c([2H])c1[2H].[Pt+2]. The second-order valence-electron chi connectivity index (χ2n) is 21.2. The summed E-state index contributed by atoms with van der Waals surface area (Å²) in [5.41, 5.74) is 4.41. The summed E-state index contributed by atoms with van der Waals surface area (Å²) in [7, 11) is 0. The van der Waals surface area contributed by atoms with E-state index in [1.54, 1.807) is 82.1 Å². The van der Waals surface area contributed by atoms with Gasteiger partial charge in [-0.05, 0) is 144 Å². The van der Waals surface area contributed by atoms with Crippen LogP contribution in [0.3, 0.4) is 0 Å². The molecule has 2 aromatic heterocycles. The van der Waals surface area contributed by atoms with E-state index in [0.717, 1.165) is 22.7 Å². The van der Waals surface area contributed by atoms with Crippen molar-refractivity contribution in [3.8, 4) is 61.8 Å². The van der Waals surface area contributed by atoms with E-state index in [1.165, 1.54) is 0 Å². The van der Waals surface area contributed by atoms with Gasteiger partial charge in [0.1, 0.15) is 11.5 Å². The molecule has 6 heteroatoms. The molecule has 0 bridgehead atoms. The van der Waals surface area contributed by atoms with Gasteiger partial charge in [-0.25, -0.2) is 4.98 Å². The van der Waals surface area contributed by atoms with Gasteiger partial charge in [0.2, 0.25) is 5.69 Å². The number of hydrogen-bond acceptors (Lipinski definition) is 2. The molecule has 0 radical (unpaired) electrons. The van der Waals surface area contributed by atoms with Gasteiger partial charge >= 0.3 is 27.1 Å². The third kappa shape index (κ3) is 9.25. The van der Waals surface area contributed by atoms with Crippen LogP contribution in [0, 0.1) is 18.1 Å². The Balaban J connectivity index is 0.00000800. The number of aromatic nitrogens is 2. The van der Waals surface area contributed by atoms with Crippen LogP contribution >= 0.6 is 0 Å². The molecule has 0 saturated carbocycles. The predicted octanol–water partition coefficient (Wildman–Crippen LogP) is 18.6. The first-order valence-corrected chi connectivity index (χ1v) is 26.0. The molecule has 1 aliphatic carbocycles. The van der Waals surface area contributed by atoms with Crippen molar-refractivity contribution < 1.29 is 43.6 Å². The first-order chi connectivity index (χ1) is 42.8. The van der Waals surface area contributed by atoms with Gasteiger partial charge in [-0.1, -0.05) is 179 Å². The van der Waals surface area contributed by atoms with Crippen molar-refractivity contribution in [3.63, 3.8) is 0 Å². The maximum Gasteiger partial charge on any atom is 2.00 e. The molecule has 0 atom stereocenters. The summed E-state index contributed by atoms with van der Waals surface area (Å²) >= 11 is 0. The molecular weight excluding hydrogens is 1130 g/mol. The Morgan fingerprint density at radius 3 is 2.06 bits per heavy atom. The maximum atomic E-state index is 10.3. The van der Waals surface area contributed by atoms with E-state index in [2.05, 4.69) is 32.0 Å². The molecule has 0 fully saturated rings. The molecule has 0 spiro atoms. The summed E-state index contributed by atoms with van der Waals surface area (Å²) in [5.74, 6) is 0.905. The maximum absolute atomic E-state index is 10.3. The Kier molecular flexibility index (Phi) is 9.77. The molecule has 3 heterocycles. The summed E-state index contributed by atoms with van der Waals surface area (Å²) in [6.07, 6.45) is 1.46. The summed E-state index contributed by atoms with van der Waals surface area (Å²) in [6.45, 7) is 11.9. The molecule has 11 aromatic rings. The Hall–Kier alpha value is -8.20. The zero-order valence-electron chi connectivity index (χ0n) is 56.9. The van der Waals surface area contributed by atoms with Gasteiger partial charge in [-0.2, -0.15) is 12.1 Å². The van der Waals surface area contributed by atoms with Gasteiger partial charge in [0.05, 0.1) is 26.2 Å². The molecule has 5 nitrogen and oxygen atoms in total. The molecule has 0 N–H and O–H groups in total. The number of nitrogens with zero attached hydrogens (tertiary/aromatic N) is 4. The van der Waals surface area contributed by atoms with E-state index >= 15 is 0 Å². The minimum Gasteiger partial charge on any atom is -0.509 e. The van der Waals surface area contributed by atoms with Crippen LogP contribution in [0.2, 0.25) is 0 Å². The van der Waals surface area contributed by atoms with Crippen LogP contribution in [0.25, 0.3) is 72.1 Å². The number of para-hydroxylation sites is 4. The fourth-order valence-electron chi connectivity index (χ4n) is 10.8. The molecule has 0 amide bonds. The molecule has 13 rings (SSSR count). The molecule has 0 saturated heterocycles. The van der Waals surface area contributed by atoms with Crippen molar-refractivity contribution in [3.05, 3.63) is 241 Å². The van der Waals surface area contributed by atoms with Crippen LogP contribution in [-0.2, 0) is 38.3 Å². The minimum atomic E-state index is -1.62. The summed E-state index contributed by atoms with van der Waals surface area (Å²) < 4.78 is 135. The van der Waals surface area contributed by atoms with Crippen LogP contribution in [0.4, 0.5) is 22.7 Å². The first kappa shape index (κ1) is 37.6. The van der Waals surface area contributed by atoms with Crippen molar-refractivity contribution >= 4 is 50.6 Å². The zero-order valence-corrected chi connectivity index (χ0v) is 46.1. The number of fused-ring (bicyclic) bond motifs is 5. The van der Waals surface area contributed by atoms with E-state index in [4.69, 9.17) is 16.6 Å². The summed E-state index contributed by atoms with van der Waals surface area (Å²) in [5, 5.41) is 1.84. The third-order valence-electron chi connectivity index (χ3n) is 14.7. The average Bonchev–Trinajstić information content (AvgIpc) is 1.13.